The molecular formula is C14H18N2O4. The fraction of sp³-hybridized carbons (Fsp3) is 0.429. The van der Waals surface area contributed by atoms with Crippen molar-refractivity contribution >= 4 is 12.0 Å². The highest BCUT2D eigenvalue weighted by atomic mass is 16.4. The number of aromatic carboxylic acids is 1. The SMILES string of the molecule is O=C(O)c1ccc(CNC(=O)N(CCO)C2CC2)cc1. The Kier molecular flexibility index (Phi) is 4.57. The molecule has 108 valence electrons. The molecule has 0 radical (unpaired) electrons. The van der Waals surface area contributed by atoms with E-state index >= 15 is 0 Å². The highest BCUT2D eigenvalue weighted by molar-refractivity contribution is 5.87. The lowest BCUT2D eigenvalue weighted by molar-refractivity contribution is 0.0697. The predicted octanol–water partition coefficient (Wildman–Crippen LogP) is 1.05. The molecule has 20 heavy (non-hydrogen) atoms. The van der Waals surface area contributed by atoms with E-state index < -0.39 is 5.97 Å². The van der Waals surface area contributed by atoms with Gasteiger partial charge in [-0.2, -0.15) is 0 Å². The van der Waals surface area contributed by atoms with Gasteiger partial charge >= 0.3 is 12.0 Å². The van der Waals surface area contributed by atoms with Gasteiger partial charge in [-0.1, -0.05) is 12.1 Å². The van der Waals surface area contributed by atoms with Crippen LogP contribution in [0.2, 0.25) is 0 Å². The fourth-order valence-electron chi connectivity index (χ4n) is 1.99. The molecule has 0 spiro atoms. The van der Waals surface area contributed by atoms with E-state index in [1.165, 1.54) is 12.1 Å². The first kappa shape index (κ1) is 14.3. The Balaban J connectivity index is 1.87. The molecule has 1 aliphatic carbocycles. The van der Waals surface area contributed by atoms with Gasteiger partial charge in [0.05, 0.1) is 12.2 Å². The number of hydrogen-bond acceptors (Lipinski definition) is 3. The lowest BCUT2D eigenvalue weighted by Gasteiger charge is -2.21. The zero-order valence-electron chi connectivity index (χ0n) is 11.1. The maximum absolute atomic E-state index is 12.0. The van der Waals surface area contributed by atoms with E-state index in [0.29, 0.717) is 13.1 Å². The topological polar surface area (TPSA) is 89.9 Å². The van der Waals surface area contributed by atoms with Crippen LogP contribution in [0.4, 0.5) is 4.79 Å². The van der Waals surface area contributed by atoms with Crippen molar-refractivity contribution in [2.75, 3.05) is 13.2 Å². The van der Waals surface area contributed by atoms with Gasteiger partial charge in [0.1, 0.15) is 0 Å². The van der Waals surface area contributed by atoms with Crippen LogP contribution in [0.5, 0.6) is 0 Å². The lowest BCUT2D eigenvalue weighted by Crippen LogP contribution is -2.42. The van der Waals surface area contributed by atoms with Crippen LogP contribution in [0.1, 0.15) is 28.8 Å². The summed E-state index contributed by atoms with van der Waals surface area (Å²) in [6, 6.07) is 6.43. The van der Waals surface area contributed by atoms with Crippen molar-refractivity contribution in [1.82, 2.24) is 10.2 Å². The Morgan fingerprint density at radius 2 is 1.90 bits per heavy atom. The number of aliphatic hydroxyl groups excluding tert-OH is 1. The minimum absolute atomic E-state index is 0.0444. The summed E-state index contributed by atoms with van der Waals surface area (Å²) in [5.74, 6) is -0.969. The second-order valence-electron chi connectivity index (χ2n) is 4.81. The molecule has 2 amide bonds. The second kappa shape index (κ2) is 6.38. The molecule has 0 aliphatic heterocycles. The average Bonchev–Trinajstić information content (AvgIpc) is 3.27. The molecule has 2 rings (SSSR count). The molecule has 1 aromatic rings. The van der Waals surface area contributed by atoms with Crippen molar-refractivity contribution in [3.8, 4) is 0 Å². The number of carboxylic acid groups (broad SMARTS) is 1. The third-order valence-corrected chi connectivity index (χ3v) is 3.23. The number of carbonyl (C=O) groups excluding carboxylic acids is 1. The monoisotopic (exact) mass is 278 g/mol. The van der Waals surface area contributed by atoms with Crippen LogP contribution in [-0.4, -0.2) is 46.3 Å². The number of aliphatic hydroxyl groups is 1. The first-order valence-corrected chi connectivity index (χ1v) is 6.59. The number of nitrogens with zero attached hydrogens (tertiary/aromatic N) is 1. The van der Waals surface area contributed by atoms with Crippen LogP contribution in [0.3, 0.4) is 0 Å². The van der Waals surface area contributed by atoms with Crippen LogP contribution in [0.15, 0.2) is 24.3 Å². The van der Waals surface area contributed by atoms with Gasteiger partial charge in [-0.15, -0.1) is 0 Å². The van der Waals surface area contributed by atoms with E-state index in [2.05, 4.69) is 5.32 Å². The van der Waals surface area contributed by atoms with Crippen LogP contribution in [0.25, 0.3) is 0 Å². The van der Waals surface area contributed by atoms with Crippen molar-refractivity contribution in [3.63, 3.8) is 0 Å². The number of nitrogens with one attached hydrogen (secondary N) is 1. The number of rotatable bonds is 6. The number of carbonyl (C=O) groups is 2. The Labute approximate surface area is 117 Å². The van der Waals surface area contributed by atoms with Crippen LogP contribution < -0.4 is 5.32 Å². The average molecular weight is 278 g/mol. The molecule has 1 aliphatic rings. The molecule has 0 saturated heterocycles. The number of hydrogen-bond donors (Lipinski definition) is 3. The van der Waals surface area contributed by atoms with Crippen molar-refractivity contribution in [3.05, 3.63) is 35.4 Å². The molecule has 6 nitrogen and oxygen atoms in total. The van der Waals surface area contributed by atoms with E-state index in [9.17, 15) is 9.59 Å². The van der Waals surface area contributed by atoms with E-state index in [1.807, 2.05) is 0 Å². The van der Waals surface area contributed by atoms with Gasteiger partial charge in [0.2, 0.25) is 0 Å². The molecule has 1 fully saturated rings. The van der Waals surface area contributed by atoms with E-state index in [0.717, 1.165) is 18.4 Å². The van der Waals surface area contributed by atoms with Gasteiger partial charge in [-0.25, -0.2) is 9.59 Å². The molecule has 3 N–H and O–H groups in total. The van der Waals surface area contributed by atoms with E-state index in [4.69, 9.17) is 10.2 Å². The van der Waals surface area contributed by atoms with Crippen molar-refractivity contribution in [2.24, 2.45) is 0 Å². The second-order valence-corrected chi connectivity index (χ2v) is 4.81. The highest BCUT2D eigenvalue weighted by Gasteiger charge is 2.31. The lowest BCUT2D eigenvalue weighted by atomic mass is 10.1. The van der Waals surface area contributed by atoms with Crippen LogP contribution in [0, 0.1) is 0 Å². The van der Waals surface area contributed by atoms with Crippen molar-refractivity contribution < 1.29 is 19.8 Å². The predicted molar refractivity (Wildman–Crippen MR) is 72.5 cm³/mol. The standard InChI is InChI=1S/C14H18N2O4/c17-8-7-16(12-5-6-12)14(20)15-9-10-1-3-11(4-2-10)13(18)19/h1-4,12,17H,5-9H2,(H,15,20)(H,18,19). The zero-order chi connectivity index (χ0) is 14.5. The van der Waals surface area contributed by atoms with Crippen LogP contribution in [-0.2, 0) is 6.54 Å². The summed E-state index contributed by atoms with van der Waals surface area (Å²) in [7, 11) is 0. The summed E-state index contributed by atoms with van der Waals surface area (Å²) >= 11 is 0. The Morgan fingerprint density at radius 3 is 2.40 bits per heavy atom. The van der Waals surface area contributed by atoms with Gasteiger partial charge in [0.15, 0.2) is 0 Å². The Morgan fingerprint density at radius 1 is 1.25 bits per heavy atom. The fourth-order valence-corrected chi connectivity index (χ4v) is 1.99. The maximum Gasteiger partial charge on any atom is 0.335 e. The van der Waals surface area contributed by atoms with E-state index in [-0.39, 0.29) is 24.2 Å². The number of carboxylic acids is 1. The summed E-state index contributed by atoms with van der Waals surface area (Å²) < 4.78 is 0. The first-order chi connectivity index (χ1) is 9.61. The van der Waals surface area contributed by atoms with Gasteiger partial charge < -0.3 is 20.4 Å². The molecule has 0 atom stereocenters. The van der Waals surface area contributed by atoms with Gasteiger partial charge in [0, 0.05) is 19.1 Å². The minimum atomic E-state index is -0.969. The summed E-state index contributed by atoms with van der Waals surface area (Å²) in [6.07, 6.45) is 1.97. The minimum Gasteiger partial charge on any atom is -0.478 e. The number of benzene rings is 1. The van der Waals surface area contributed by atoms with Gasteiger partial charge in [0.25, 0.3) is 0 Å². The molecule has 1 saturated carbocycles. The maximum atomic E-state index is 12.0. The summed E-state index contributed by atoms with van der Waals surface area (Å²) in [6.45, 7) is 0.638. The Hall–Kier alpha value is -2.08. The van der Waals surface area contributed by atoms with Gasteiger partial charge in [-0.3, -0.25) is 0 Å². The molecule has 0 bridgehead atoms. The molecular weight excluding hydrogens is 260 g/mol. The smallest absolute Gasteiger partial charge is 0.335 e. The van der Waals surface area contributed by atoms with Crippen LogP contribution >= 0.6 is 0 Å². The normalized spacial score (nSPS) is 13.8. The van der Waals surface area contributed by atoms with Gasteiger partial charge in [-0.05, 0) is 30.5 Å². The summed E-state index contributed by atoms with van der Waals surface area (Å²) in [5.41, 5.74) is 1.06. The third-order valence-electron chi connectivity index (χ3n) is 3.23. The quantitative estimate of drug-likeness (QED) is 0.725. The molecule has 1 aromatic carbocycles. The number of amides is 2. The first-order valence-electron chi connectivity index (χ1n) is 6.59. The highest BCUT2D eigenvalue weighted by Crippen LogP contribution is 2.26. The molecule has 0 heterocycles. The molecule has 0 unspecified atom stereocenters. The molecule has 6 heteroatoms. The van der Waals surface area contributed by atoms with E-state index in [1.54, 1.807) is 17.0 Å². The summed E-state index contributed by atoms with van der Waals surface area (Å²) in [5, 5.41) is 20.5. The zero-order valence-corrected chi connectivity index (χ0v) is 11.1. The third kappa shape index (κ3) is 3.71. The largest absolute Gasteiger partial charge is 0.478 e. The number of urea groups is 1. The van der Waals surface area contributed by atoms with Crippen molar-refractivity contribution in [2.45, 2.75) is 25.4 Å². The Bertz CT molecular complexity index is 482. The van der Waals surface area contributed by atoms with Crippen molar-refractivity contribution in [1.29, 1.82) is 0 Å². The molecule has 0 aromatic heterocycles. The summed E-state index contributed by atoms with van der Waals surface area (Å²) in [4.78, 5) is 24.3.